The molecule has 2 aliphatic heterocycles. The lowest BCUT2D eigenvalue weighted by Crippen LogP contribution is -2.44. The monoisotopic (exact) mass is 604 g/mol. The van der Waals surface area contributed by atoms with E-state index in [-0.39, 0.29) is 36.7 Å². The van der Waals surface area contributed by atoms with Crippen LogP contribution in [0.25, 0.3) is 0 Å². The highest BCUT2D eigenvalue weighted by Gasteiger charge is 2.30. The van der Waals surface area contributed by atoms with Crippen molar-refractivity contribution in [2.45, 2.75) is 91.1 Å². The van der Waals surface area contributed by atoms with E-state index in [4.69, 9.17) is 31.9 Å². The van der Waals surface area contributed by atoms with Gasteiger partial charge in [-0.1, -0.05) is 27.7 Å². The predicted octanol–water partition coefficient (Wildman–Crippen LogP) is 0.109. The van der Waals surface area contributed by atoms with Crippen LogP contribution in [0.1, 0.15) is 79.1 Å². The van der Waals surface area contributed by atoms with E-state index in [2.05, 4.69) is 0 Å². The van der Waals surface area contributed by atoms with Crippen LogP contribution >= 0.6 is 0 Å². The summed E-state index contributed by atoms with van der Waals surface area (Å²) in [6.45, 7) is 7.80. The van der Waals surface area contributed by atoms with Gasteiger partial charge in [-0.3, -0.25) is 38.4 Å². The molecule has 0 aromatic carbocycles. The standard InChI is InChI=1S/2C8H14N2O2.2C5H8O4/c2*1-2-6(8(9)12)10-5-3-4-7(10)11;2*1-3(5(8)9)2-4(6)7/h2*6H,2-5H2,1H3,(H2,9,12);2*3H,2H2,1H3,(H,6,7)(H,8,9)/t2*6-;2*3-/m0011/s1. The number of carbonyl (C=O) groups is 8. The molecule has 0 spiro atoms. The van der Waals surface area contributed by atoms with Crippen LogP contribution in [0.3, 0.4) is 0 Å². The number of likely N-dealkylation sites (tertiary alicyclic amines) is 2. The zero-order chi connectivity index (χ0) is 33.2. The Morgan fingerprint density at radius 2 is 0.952 bits per heavy atom. The van der Waals surface area contributed by atoms with Crippen molar-refractivity contribution in [3.8, 4) is 0 Å². The fourth-order valence-corrected chi connectivity index (χ4v) is 3.85. The van der Waals surface area contributed by atoms with Crippen LogP contribution in [-0.4, -0.2) is 103 Å². The van der Waals surface area contributed by atoms with Crippen LogP contribution in [0.5, 0.6) is 0 Å². The number of hydrogen-bond donors (Lipinski definition) is 6. The summed E-state index contributed by atoms with van der Waals surface area (Å²) in [6, 6.07) is -0.778. The third-order valence-corrected chi connectivity index (χ3v) is 6.21. The van der Waals surface area contributed by atoms with Crippen LogP contribution in [0.4, 0.5) is 0 Å². The lowest BCUT2D eigenvalue weighted by molar-refractivity contribution is -0.147. The van der Waals surface area contributed by atoms with E-state index in [1.165, 1.54) is 13.8 Å². The van der Waals surface area contributed by atoms with Gasteiger partial charge < -0.3 is 41.7 Å². The Morgan fingerprint density at radius 1 is 0.667 bits per heavy atom. The van der Waals surface area contributed by atoms with E-state index in [0.717, 1.165) is 12.8 Å². The van der Waals surface area contributed by atoms with Gasteiger partial charge in [0.25, 0.3) is 0 Å². The SMILES string of the molecule is CC[C@@H](C(N)=O)N1CCCC1=O.CC[C@@H](C(N)=O)N1CCCC1=O.C[C@H](CC(=O)O)C(=O)O.C[C@H](CC(=O)O)C(=O)O. The molecule has 2 rings (SSSR count). The molecule has 0 aromatic rings. The first-order valence-corrected chi connectivity index (χ1v) is 13.5. The van der Waals surface area contributed by atoms with Crippen LogP contribution < -0.4 is 11.5 Å². The van der Waals surface area contributed by atoms with Crippen LogP contribution in [0.2, 0.25) is 0 Å². The van der Waals surface area contributed by atoms with Gasteiger partial charge in [-0.25, -0.2) is 0 Å². The number of rotatable bonds is 12. The Kier molecular flexibility index (Phi) is 19.6. The normalized spacial score (nSPS) is 16.7. The molecule has 0 aliphatic carbocycles. The molecular formula is C26H44N4O12. The first-order chi connectivity index (χ1) is 19.4. The largest absolute Gasteiger partial charge is 0.481 e. The van der Waals surface area contributed by atoms with Crippen molar-refractivity contribution in [1.29, 1.82) is 0 Å². The molecule has 4 amide bonds. The number of carboxylic acids is 4. The van der Waals surface area contributed by atoms with E-state index in [0.29, 0.717) is 38.8 Å². The van der Waals surface area contributed by atoms with Gasteiger partial charge in [0.2, 0.25) is 23.6 Å². The summed E-state index contributed by atoms with van der Waals surface area (Å²) in [7, 11) is 0. The van der Waals surface area contributed by atoms with Crippen LogP contribution in [0.15, 0.2) is 0 Å². The maximum atomic E-state index is 11.2. The first kappa shape index (κ1) is 39.9. The van der Waals surface area contributed by atoms with Gasteiger partial charge in [0.15, 0.2) is 0 Å². The molecule has 2 saturated heterocycles. The summed E-state index contributed by atoms with van der Waals surface area (Å²) >= 11 is 0. The molecule has 0 bridgehead atoms. The third-order valence-electron chi connectivity index (χ3n) is 6.21. The minimum absolute atomic E-state index is 0.0562. The number of aliphatic carboxylic acids is 4. The molecule has 2 fully saturated rings. The van der Waals surface area contributed by atoms with Gasteiger partial charge in [0.05, 0.1) is 24.7 Å². The lowest BCUT2D eigenvalue weighted by Gasteiger charge is -2.23. The van der Waals surface area contributed by atoms with Crippen molar-refractivity contribution in [2.24, 2.45) is 23.3 Å². The molecule has 16 nitrogen and oxygen atoms in total. The molecule has 8 N–H and O–H groups in total. The fourth-order valence-electron chi connectivity index (χ4n) is 3.85. The Labute approximate surface area is 244 Å². The molecule has 4 atom stereocenters. The average molecular weight is 605 g/mol. The maximum absolute atomic E-state index is 11.2. The maximum Gasteiger partial charge on any atom is 0.306 e. The van der Waals surface area contributed by atoms with Crippen molar-refractivity contribution in [3.63, 3.8) is 0 Å². The molecule has 42 heavy (non-hydrogen) atoms. The molecule has 2 aliphatic rings. The Bertz CT molecular complexity index is 895. The number of carbonyl (C=O) groups excluding carboxylic acids is 4. The van der Waals surface area contributed by atoms with E-state index in [9.17, 15) is 38.4 Å². The second-order valence-electron chi connectivity index (χ2n) is 9.71. The predicted molar refractivity (Wildman–Crippen MR) is 147 cm³/mol. The first-order valence-electron chi connectivity index (χ1n) is 13.5. The molecule has 0 unspecified atom stereocenters. The number of carboxylic acid groups (broad SMARTS) is 4. The van der Waals surface area contributed by atoms with Gasteiger partial charge in [-0.05, 0) is 25.7 Å². The second kappa shape index (κ2) is 20.6. The third kappa shape index (κ3) is 16.1. The Balaban J connectivity index is 0. The number of nitrogens with zero attached hydrogens (tertiary/aromatic N) is 2. The van der Waals surface area contributed by atoms with Crippen LogP contribution in [-0.2, 0) is 38.4 Å². The number of hydrogen-bond acceptors (Lipinski definition) is 8. The minimum atomic E-state index is -1.08. The van der Waals surface area contributed by atoms with E-state index >= 15 is 0 Å². The van der Waals surface area contributed by atoms with Crippen LogP contribution in [0, 0.1) is 11.8 Å². The topological polar surface area (TPSA) is 276 Å². The number of nitrogens with two attached hydrogens (primary N) is 2. The molecule has 16 heteroatoms. The van der Waals surface area contributed by atoms with Gasteiger partial charge >= 0.3 is 23.9 Å². The second-order valence-corrected chi connectivity index (χ2v) is 9.71. The van der Waals surface area contributed by atoms with Gasteiger partial charge in [-0.2, -0.15) is 0 Å². The van der Waals surface area contributed by atoms with Gasteiger partial charge in [0, 0.05) is 25.9 Å². The summed E-state index contributed by atoms with van der Waals surface area (Å²) < 4.78 is 0. The molecular weight excluding hydrogens is 560 g/mol. The zero-order valence-corrected chi connectivity index (χ0v) is 24.5. The van der Waals surface area contributed by atoms with Crippen molar-refractivity contribution < 1.29 is 58.8 Å². The highest BCUT2D eigenvalue weighted by atomic mass is 16.4. The van der Waals surface area contributed by atoms with E-state index in [1.54, 1.807) is 9.80 Å². The number of amides is 4. The molecule has 240 valence electrons. The molecule has 2 heterocycles. The summed E-state index contributed by atoms with van der Waals surface area (Å²) in [5.74, 6) is -6.56. The van der Waals surface area contributed by atoms with Crippen molar-refractivity contribution in [1.82, 2.24) is 9.80 Å². The van der Waals surface area contributed by atoms with Crippen molar-refractivity contribution in [3.05, 3.63) is 0 Å². The summed E-state index contributed by atoms with van der Waals surface area (Å²) in [5.41, 5.74) is 10.3. The van der Waals surface area contributed by atoms with Gasteiger partial charge in [0.1, 0.15) is 12.1 Å². The highest BCUT2D eigenvalue weighted by Crippen LogP contribution is 2.16. The molecule has 0 radical (unpaired) electrons. The summed E-state index contributed by atoms with van der Waals surface area (Å²) in [5, 5.41) is 32.5. The number of primary amides is 2. The van der Waals surface area contributed by atoms with Gasteiger partial charge in [-0.15, -0.1) is 0 Å². The van der Waals surface area contributed by atoms with E-state index in [1.807, 2.05) is 13.8 Å². The minimum Gasteiger partial charge on any atom is -0.481 e. The van der Waals surface area contributed by atoms with Crippen molar-refractivity contribution in [2.75, 3.05) is 13.1 Å². The Hall–Kier alpha value is -4.24. The summed E-state index contributed by atoms with van der Waals surface area (Å²) in [6.07, 6.45) is 3.42. The molecule has 0 aromatic heterocycles. The Morgan fingerprint density at radius 3 is 1.07 bits per heavy atom. The lowest BCUT2D eigenvalue weighted by atomic mass is 10.1. The van der Waals surface area contributed by atoms with E-state index < -0.39 is 47.5 Å². The smallest absolute Gasteiger partial charge is 0.306 e. The van der Waals surface area contributed by atoms with Crippen molar-refractivity contribution >= 4 is 47.5 Å². The summed E-state index contributed by atoms with van der Waals surface area (Å²) in [4.78, 5) is 87.0. The average Bonchev–Trinajstić information content (AvgIpc) is 3.48. The zero-order valence-electron chi connectivity index (χ0n) is 24.5. The fraction of sp³-hybridized carbons (Fsp3) is 0.692. The molecule has 0 saturated carbocycles. The quantitative estimate of drug-likeness (QED) is 0.173. The highest BCUT2D eigenvalue weighted by molar-refractivity contribution is 5.88.